The minimum absolute atomic E-state index is 0.0400. The molecule has 0 aliphatic carbocycles. The number of rotatable bonds is 4. The number of halogens is 1. The number of para-hydroxylation sites is 1. The van der Waals surface area contributed by atoms with E-state index in [1.165, 1.54) is 0 Å². The first kappa shape index (κ1) is 17.5. The Morgan fingerprint density at radius 2 is 2.08 bits per heavy atom. The van der Waals surface area contributed by atoms with Crippen LogP contribution in [0, 0.1) is 0 Å². The molecule has 1 atom stereocenters. The van der Waals surface area contributed by atoms with Crippen LogP contribution in [0.25, 0.3) is 0 Å². The maximum atomic E-state index is 15.2. The highest BCUT2D eigenvalue weighted by molar-refractivity contribution is 5.91. The first-order chi connectivity index (χ1) is 11.8. The summed E-state index contributed by atoms with van der Waals surface area (Å²) in [5.74, 6) is -0.120. The number of carbonyl (C=O) groups excluding carboxylic acids is 1. The van der Waals surface area contributed by atoms with Gasteiger partial charge in [0, 0.05) is 30.7 Å². The van der Waals surface area contributed by atoms with E-state index < -0.39 is 5.67 Å². The molecule has 25 heavy (non-hydrogen) atoms. The van der Waals surface area contributed by atoms with Gasteiger partial charge in [-0.1, -0.05) is 23.4 Å². The predicted octanol–water partition coefficient (Wildman–Crippen LogP) is 2.92. The summed E-state index contributed by atoms with van der Waals surface area (Å²) < 4.78 is 20.3. The van der Waals surface area contributed by atoms with E-state index in [1.54, 1.807) is 12.1 Å². The summed E-state index contributed by atoms with van der Waals surface area (Å²) in [4.78, 5) is 18.2. The maximum Gasteiger partial charge on any atom is 0.265 e. The van der Waals surface area contributed by atoms with Crippen molar-refractivity contribution in [2.24, 2.45) is 0 Å². The Hall–Kier alpha value is -2.28. The molecule has 2 heterocycles. The van der Waals surface area contributed by atoms with Gasteiger partial charge in [0.2, 0.25) is 11.6 Å². The molecular weight excluding hydrogens is 323 g/mol. The quantitative estimate of drug-likeness (QED) is 0.922. The zero-order chi connectivity index (χ0) is 18.1. The smallest absolute Gasteiger partial charge is 0.265 e. The van der Waals surface area contributed by atoms with Crippen LogP contribution < -0.4 is 5.32 Å². The Labute approximate surface area is 146 Å². The number of carbonyl (C=O) groups is 1. The molecule has 1 saturated heterocycles. The first-order valence-corrected chi connectivity index (χ1v) is 8.38. The number of likely N-dealkylation sites (tertiary alicyclic amines) is 1. The van der Waals surface area contributed by atoms with Crippen LogP contribution >= 0.6 is 0 Å². The summed E-state index contributed by atoms with van der Waals surface area (Å²) in [6, 6.07) is 9.10. The van der Waals surface area contributed by atoms with Gasteiger partial charge in [-0.15, -0.1) is 0 Å². The Bertz CT molecular complexity index is 741. The largest absolute Gasteiger partial charge is 0.336 e. The summed E-state index contributed by atoms with van der Waals surface area (Å²) >= 11 is 0. The minimum Gasteiger partial charge on any atom is -0.336 e. The molecule has 0 radical (unpaired) electrons. The van der Waals surface area contributed by atoms with Gasteiger partial charge in [0.15, 0.2) is 5.82 Å². The van der Waals surface area contributed by atoms with E-state index in [2.05, 4.69) is 20.4 Å². The maximum absolute atomic E-state index is 15.2. The molecule has 0 bridgehead atoms. The Kier molecular flexibility index (Phi) is 4.60. The first-order valence-electron chi connectivity index (χ1n) is 8.38. The molecule has 6 nitrogen and oxygen atoms in total. The minimum atomic E-state index is -1.66. The topological polar surface area (TPSA) is 71.3 Å². The number of hydrogen-bond acceptors (Lipinski definition) is 5. The third kappa shape index (κ3) is 4.04. The monoisotopic (exact) mass is 346 g/mol. The van der Waals surface area contributed by atoms with Crippen molar-refractivity contribution >= 4 is 11.6 Å². The van der Waals surface area contributed by atoms with E-state index in [0.717, 1.165) is 0 Å². The number of hydrogen-bond donors (Lipinski definition) is 1. The van der Waals surface area contributed by atoms with Crippen molar-refractivity contribution in [3.8, 4) is 0 Å². The standard InChI is InChI=1S/C18H23FN4O2/c1-17(2,3)23-10-9-18(19,12-23)16-21-14(22-25-16)11-15(24)20-13-7-5-4-6-8-13/h4-8H,9-12H2,1-3H3,(H,20,24). The number of anilines is 1. The fourth-order valence-corrected chi connectivity index (χ4v) is 2.90. The van der Waals surface area contributed by atoms with Gasteiger partial charge in [-0.25, -0.2) is 4.39 Å². The van der Waals surface area contributed by atoms with Gasteiger partial charge in [0.05, 0.1) is 6.42 Å². The molecule has 1 fully saturated rings. The van der Waals surface area contributed by atoms with E-state index in [9.17, 15) is 4.79 Å². The SMILES string of the molecule is CC(C)(C)N1CCC(F)(c2nc(CC(=O)Nc3ccccc3)no2)C1. The molecule has 1 aromatic heterocycles. The normalized spacial score (nSPS) is 21.4. The molecule has 1 unspecified atom stereocenters. The van der Waals surface area contributed by atoms with Gasteiger partial charge in [-0.2, -0.15) is 4.98 Å². The van der Waals surface area contributed by atoms with Crippen molar-refractivity contribution in [1.82, 2.24) is 15.0 Å². The molecule has 0 saturated carbocycles. The van der Waals surface area contributed by atoms with Crippen molar-refractivity contribution in [2.45, 2.75) is 44.8 Å². The Morgan fingerprint density at radius 1 is 1.36 bits per heavy atom. The van der Waals surface area contributed by atoms with Crippen LogP contribution in [-0.2, 0) is 16.9 Å². The second kappa shape index (κ2) is 6.55. The predicted molar refractivity (Wildman–Crippen MR) is 91.8 cm³/mol. The fraction of sp³-hybridized carbons (Fsp3) is 0.500. The fourth-order valence-electron chi connectivity index (χ4n) is 2.90. The van der Waals surface area contributed by atoms with Gasteiger partial charge in [0.1, 0.15) is 0 Å². The van der Waals surface area contributed by atoms with Crippen LogP contribution in [0.3, 0.4) is 0 Å². The van der Waals surface area contributed by atoms with E-state index in [1.807, 2.05) is 39.0 Å². The van der Waals surface area contributed by atoms with Gasteiger partial charge in [-0.05, 0) is 32.9 Å². The zero-order valence-corrected chi connectivity index (χ0v) is 14.8. The van der Waals surface area contributed by atoms with Gasteiger partial charge < -0.3 is 9.84 Å². The van der Waals surface area contributed by atoms with E-state index in [-0.39, 0.29) is 36.1 Å². The molecule has 1 N–H and O–H groups in total. The van der Waals surface area contributed by atoms with Crippen LogP contribution in [0.15, 0.2) is 34.9 Å². The molecule has 0 spiro atoms. The van der Waals surface area contributed by atoms with Crippen LogP contribution in [0.4, 0.5) is 10.1 Å². The lowest BCUT2D eigenvalue weighted by Crippen LogP contribution is -2.41. The summed E-state index contributed by atoms with van der Waals surface area (Å²) in [5.41, 5.74) is -1.09. The van der Waals surface area contributed by atoms with Crippen LogP contribution in [-0.4, -0.2) is 39.6 Å². The molecule has 1 amide bonds. The summed E-state index contributed by atoms with van der Waals surface area (Å²) in [5, 5.41) is 6.51. The van der Waals surface area contributed by atoms with E-state index in [0.29, 0.717) is 18.7 Å². The highest BCUT2D eigenvalue weighted by atomic mass is 19.1. The second-order valence-electron chi connectivity index (χ2n) is 7.41. The van der Waals surface area contributed by atoms with Crippen molar-refractivity contribution in [3.63, 3.8) is 0 Å². The van der Waals surface area contributed by atoms with E-state index >= 15 is 4.39 Å². The third-order valence-electron chi connectivity index (χ3n) is 4.40. The highest BCUT2D eigenvalue weighted by Crippen LogP contribution is 2.37. The molecule has 1 aliphatic heterocycles. The Morgan fingerprint density at radius 3 is 2.72 bits per heavy atom. The summed E-state index contributed by atoms with van der Waals surface area (Å²) in [6.07, 6.45) is 0.250. The van der Waals surface area contributed by atoms with Crippen LogP contribution in [0.5, 0.6) is 0 Å². The van der Waals surface area contributed by atoms with Crippen molar-refractivity contribution in [3.05, 3.63) is 42.0 Å². The number of benzene rings is 1. The Balaban J connectivity index is 1.64. The number of alkyl halides is 1. The van der Waals surface area contributed by atoms with Crippen molar-refractivity contribution in [1.29, 1.82) is 0 Å². The zero-order valence-electron chi connectivity index (χ0n) is 14.8. The van der Waals surface area contributed by atoms with Crippen molar-refractivity contribution in [2.75, 3.05) is 18.4 Å². The molecule has 7 heteroatoms. The van der Waals surface area contributed by atoms with Crippen LogP contribution in [0.2, 0.25) is 0 Å². The van der Waals surface area contributed by atoms with Gasteiger partial charge >= 0.3 is 0 Å². The molecule has 3 rings (SSSR count). The molecular formula is C18H23FN4O2. The summed E-state index contributed by atoms with van der Waals surface area (Å²) in [6.45, 7) is 6.99. The summed E-state index contributed by atoms with van der Waals surface area (Å²) in [7, 11) is 0. The average molecular weight is 346 g/mol. The lowest BCUT2D eigenvalue weighted by atomic mass is 10.0. The molecule has 134 valence electrons. The van der Waals surface area contributed by atoms with Crippen molar-refractivity contribution < 1.29 is 13.7 Å². The average Bonchev–Trinajstić information content (AvgIpc) is 3.16. The lowest BCUT2D eigenvalue weighted by Gasteiger charge is -2.31. The number of aromatic nitrogens is 2. The molecule has 1 aromatic carbocycles. The van der Waals surface area contributed by atoms with E-state index in [4.69, 9.17) is 4.52 Å². The second-order valence-corrected chi connectivity index (χ2v) is 7.41. The van der Waals surface area contributed by atoms with Crippen LogP contribution in [0.1, 0.15) is 38.9 Å². The molecule has 1 aliphatic rings. The third-order valence-corrected chi connectivity index (χ3v) is 4.40. The lowest BCUT2D eigenvalue weighted by molar-refractivity contribution is -0.115. The molecule has 2 aromatic rings. The number of amides is 1. The van der Waals surface area contributed by atoms with Gasteiger partial charge in [-0.3, -0.25) is 9.69 Å². The number of nitrogens with one attached hydrogen (secondary N) is 1. The number of nitrogens with zero attached hydrogens (tertiary/aromatic N) is 3. The van der Waals surface area contributed by atoms with Gasteiger partial charge in [0.25, 0.3) is 5.89 Å². The highest BCUT2D eigenvalue weighted by Gasteiger charge is 2.47.